The molecule has 0 saturated heterocycles. The summed E-state index contributed by atoms with van der Waals surface area (Å²) in [4.78, 5) is 12.2. The zero-order valence-corrected chi connectivity index (χ0v) is 12.4. The van der Waals surface area contributed by atoms with Crippen molar-refractivity contribution < 1.29 is 9.52 Å². The number of phenolic OH excluding ortho intramolecular Hbond substituents is 1. The van der Waals surface area contributed by atoms with Crippen LogP contribution in [0.15, 0.2) is 45.6 Å². The number of rotatable bonds is 1. The number of fused-ring (bicyclic) bond motifs is 1. The molecule has 0 radical (unpaired) electrons. The first-order valence-electron chi connectivity index (χ1n) is 6.50. The molecule has 0 bridgehead atoms. The molecule has 3 rings (SSSR count). The second-order valence-corrected chi connectivity index (χ2v) is 5.51. The van der Waals surface area contributed by atoms with Crippen molar-refractivity contribution in [1.29, 1.82) is 0 Å². The van der Waals surface area contributed by atoms with Gasteiger partial charge in [-0.05, 0) is 49.2 Å². The van der Waals surface area contributed by atoms with Crippen LogP contribution in [0, 0.1) is 13.8 Å². The molecule has 3 nitrogen and oxygen atoms in total. The van der Waals surface area contributed by atoms with Crippen LogP contribution in [0.25, 0.3) is 22.3 Å². The van der Waals surface area contributed by atoms with E-state index in [1.807, 2.05) is 13.8 Å². The number of hydrogen-bond donors (Lipinski definition) is 1. The average Bonchev–Trinajstić information content (AvgIpc) is 2.43. The minimum Gasteiger partial charge on any atom is -0.507 e. The second-order valence-electron chi connectivity index (χ2n) is 5.07. The SMILES string of the molecule is Cc1cc(-c2cc(=O)c3ccc(Cl)cc3o2)cc(C)c1O. The van der Waals surface area contributed by atoms with E-state index < -0.39 is 0 Å². The molecule has 4 heteroatoms. The van der Waals surface area contributed by atoms with E-state index in [1.54, 1.807) is 30.3 Å². The lowest BCUT2D eigenvalue weighted by Crippen LogP contribution is -2.00. The van der Waals surface area contributed by atoms with Gasteiger partial charge in [0.05, 0.1) is 5.39 Å². The first-order chi connectivity index (χ1) is 9.95. The van der Waals surface area contributed by atoms with E-state index in [0.29, 0.717) is 21.8 Å². The Kier molecular flexibility index (Phi) is 3.22. The molecule has 0 saturated carbocycles. The normalized spacial score (nSPS) is 11.0. The first kappa shape index (κ1) is 13.7. The maximum atomic E-state index is 12.2. The molecule has 0 aliphatic heterocycles. The Bertz CT molecular complexity index is 887. The molecular weight excluding hydrogens is 288 g/mol. The number of halogens is 1. The highest BCUT2D eigenvalue weighted by molar-refractivity contribution is 6.31. The van der Waals surface area contributed by atoms with Gasteiger partial charge in [0.15, 0.2) is 5.43 Å². The Balaban J connectivity index is 2.28. The topological polar surface area (TPSA) is 50.4 Å². The molecule has 0 fully saturated rings. The molecule has 1 heterocycles. The zero-order valence-electron chi connectivity index (χ0n) is 11.6. The van der Waals surface area contributed by atoms with Crippen molar-refractivity contribution in [3.63, 3.8) is 0 Å². The minimum atomic E-state index is -0.119. The van der Waals surface area contributed by atoms with Crippen LogP contribution in [0.2, 0.25) is 5.02 Å². The van der Waals surface area contributed by atoms with Crippen molar-refractivity contribution in [2.45, 2.75) is 13.8 Å². The summed E-state index contributed by atoms with van der Waals surface area (Å²) in [5.41, 5.74) is 2.55. The van der Waals surface area contributed by atoms with E-state index in [0.717, 1.165) is 16.7 Å². The summed E-state index contributed by atoms with van der Waals surface area (Å²) in [6.07, 6.45) is 0. The van der Waals surface area contributed by atoms with Gasteiger partial charge in [0.2, 0.25) is 0 Å². The van der Waals surface area contributed by atoms with Crippen molar-refractivity contribution in [1.82, 2.24) is 0 Å². The van der Waals surface area contributed by atoms with Gasteiger partial charge in [-0.1, -0.05) is 11.6 Å². The maximum Gasteiger partial charge on any atom is 0.193 e. The van der Waals surface area contributed by atoms with Gasteiger partial charge in [-0.15, -0.1) is 0 Å². The summed E-state index contributed by atoms with van der Waals surface area (Å²) in [7, 11) is 0. The van der Waals surface area contributed by atoms with Crippen LogP contribution in [0.5, 0.6) is 5.75 Å². The van der Waals surface area contributed by atoms with Crippen LogP contribution < -0.4 is 5.43 Å². The van der Waals surface area contributed by atoms with Gasteiger partial charge < -0.3 is 9.52 Å². The quantitative estimate of drug-likeness (QED) is 0.723. The van der Waals surface area contributed by atoms with Crippen molar-refractivity contribution in [3.05, 3.63) is 62.8 Å². The lowest BCUT2D eigenvalue weighted by Gasteiger charge is -2.08. The highest BCUT2D eigenvalue weighted by atomic mass is 35.5. The zero-order chi connectivity index (χ0) is 15.1. The molecule has 106 valence electrons. The minimum absolute atomic E-state index is 0.119. The number of aromatic hydroxyl groups is 1. The molecule has 1 N–H and O–H groups in total. The molecular formula is C17H13ClO3. The van der Waals surface area contributed by atoms with E-state index >= 15 is 0 Å². The Morgan fingerprint density at radius 2 is 1.71 bits per heavy atom. The van der Waals surface area contributed by atoms with E-state index in [-0.39, 0.29) is 11.2 Å². The third kappa shape index (κ3) is 2.41. The van der Waals surface area contributed by atoms with Crippen molar-refractivity contribution >= 4 is 22.6 Å². The van der Waals surface area contributed by atoms with Crippen molar-refractivity contribution in [2.24, 2.45) is 0 Å². The molecule has 1 aromatic heterocycles. The van der Waals surface area contributed by atoms with Gasteiger partial charge >= 0.3 is 0 Å². The fourth-order valence-electron chi connectivity index (χ4n) is 2.37. The number of benzene rings is 2. The molecule has 0 aliphatic rings. The standard InChI is InChI=1S/C17H13ClO3/c1-9-5-11(6-10(2)17(9)20)15-8-14(19)13-4-3-12(18)7-16(13)21-15/h3-8,20H,1-2H3. The lowest BCUT2D eigenvalue weighted by molar-refractivity contribution is 0.467. The molecule has 2 aromatic carbocycles. The Morgan fingerprint density at radius 3 is 2.38 bits per heavy atom. The molecule has 0 amide bonds. The molecule has 0 unspecified atom stereocenters. The third-order valence-electron chi connectivity index (χ3n) is 3.47. The molecule has 21 heavy (non-hydrogen) atoms. The lowest BCUT2D eigenvalue weighted by atomic mass is 10.0. The van der Waals surface area contributed by atoms with Crippen LogP contribution in [-0.2, 0) is 0 Å². The molecule has 3 aromatic rings. The van der Waals surface area contributed by atoms with Crippen LogP contribution in [-0.4, -0.2) is 5.11 Å². The number of phenols is 1. The van der Waals surface area contributed by atoms with E-state index in [1.165, 1.54) is 6.07 Å². The Hall–Kier alpha value is -2.26. The highest BCUT2D eigenvalue weighted by Crippen LogP contribution is 2.30. The highest BCUT2D eigenvalue weighted by Gasteiger charge is 2.10. The van der Waals surface area contributed by atoms with E-state index in [2.05, 4.69) is 0 Å². The van der Waals surface area contributed by atoms with Gasteiger partial charge in [0, 0.05) is 22.7 Å². The van der Waals surface area contributed by atoms with E-state index in [9.17, 15) is 9.90 Å². The molecule has 0 aliphatic carbocycles. The number of hydrogen-bond acceptors (Lipinski definition) is 3. The summed E-state index contributed by atoms with van der Waals surface area (Å²) in [6, 6.07) is 9.98. The predicted molar refractivity (Wildman–Crippen MR) is 84.1 cm³/mol. The number of aryl methyl sites for hydroxylation is 2. The fourth-order valence-corrected chi connectivity index (χ4v) is 2.53. The predicted octanol–water partition coefficient (Wildman–Crippen LogP) is 4.44. The Morgan fingerprint density at radius 1 is 1.05 bits per heavy atom. The van der Waals surface area contributed by atoms with Crippen molar-refractivity contribution in [2.75, 3.05) is 0 Å². The van der Waals surface area contributed by atoms with E-state index in [4.69, 9.17) is 16.0 Å². The van der Waals surface area contributed by atoms with Gasteiger partial charge in [-0.3, -0.25) is 4.79 Å². The van der Waals surface area contributed by atoms with Crippen LogP contribution in [0.1, 0.15) is 11.1 Å². The Labute approximate surface area is 126 Å². The molecule has 0 spiro atoms. The summed E-state index contributed by atoms with van der Waals surface area (Å²) >= 11 is 5.95. The smallest absolute Gasteiger partial charge is 0.193 e. The van der Waals surface area contributed by atoms with Crippen LogP contribution in [0.3, 0.4) is 0 Å². The fraction of sp³-hybridized carbons (Fsp3) is 0.118. The summed E-state index contributed by atoms with van der Waals surface area (Å²) in [6.45, 7) is 3.61. The molecule has 0 atom stereocenters. The third-order valence-corrected chi connectivity index (χ3v) is 3.70. The average molecular weight is 301 g/mol. The van der Waals surface area contributed by atoms with Crippen molar-refractivity contribution in [3.8, 4) is 17.1 Å². The first-order valence-corrected chi connectivity index (χ1v) is 6.87. The van der Waals surface area contributed by atoms with Gasteiger partial charge in [-0.2, -0.15) is 0 Å². The summed E-state index contributed by atoms with van der Waals surface area (Å²) in [5, 5.41) is 10.8. The summed E-state index contributed by atoms with van der Waals surface area (Å²) in [5.74, 6) is 0.714. The second kappa shape index (κ2) is 4.93. The van der Waals surface area contributed by atoms with Gasteiger partial charge in [-0.25, -0.2) is 0 Å². The largest absolute Gasteiger partial charge is 0.507 e. The monoisotopic (exact) mass is 300 g/mol. The van der Waals surface area contributed by atoms with Crippen LogP contribution in [0.4, 0.5) is 0 Å². The van der Waals surface area contributed by atoms with Gasteiger partial charge in [0.1, 0.15) is 17.1 Å². The maximum absolute atomic E-state index is 12.2. The van der Waals surface area contributed by atoms with Gasteiger partial charge in [0.25, 0.3) is 0 Å². The van der Waals surface area contributed by atoms with Crippen LogP contribution >= 0.6 is 11.6 Å². The summed E-state index contributed by atoms with van der Waals surface area (Å²) < 4.78 is 5.79.